The van der Waals surface area contributed by atoms with Gasteiger partial charge in [0.1, 0.15) is 5.82 Å². The number of hydrogen-bond acceptors (Lipinski definition) is 4. The number of pyridine rings is 1. The minimum Gasteiger partial charge on any atom is -0.399 e. The second-order valence-electron chi connectivity index (χ2n) is 10.5. The molecule has 2 atom stereocenters. The Balaban J connectivity index is 1.59. The quantitative estimate of drug-likeness (QED) is 0.642. The van der Waals surface area contributed by atoms with Crippen LogP contribution in [0.4, 0.5) is 5.82 Å². The first-order chi connectivity index (χ1) is 15.5. The van der Waals surface area contributed by atoms with Crippen LogP contribution in [-0.4, -0.2) is 27.4 Å². The lowest BCUT2D eigenvalue weighted by atomic mass is 9.85. The predicted molar refractivity (Wildman–Crippen MR) is 131 cm³/mol. The molecule has 7 heteroatoms. The maximum Gasteiger partial charge on any atom is 0.228 e. The number of aryl methyl sites for hydroxylation is 1. The summed E-state index contributed by atoms with van der Waals surface area (Å²) in [6.45, 7) is 13.0. The van der Waals surface area contributed by atoms with E-state index in [1.165, 1.54) is 12.6 Å². The van der Waals surface area contributed by atoms with E-state index in [0.717, 1.165) is 54.6 Å². The molecule has 7 nitrogen and oxygen atoms in total. The van der Waals surface area contributed by atoms with Crippen LogP contribution in [0.5, 0.6) is 0 Å². The van der Waals surface area contributed by atoms with Crippen LogP contribution in [0.25, 0.3) is 17.0 Å². The molecule has 0 radical (unpaired) electrons. The number of nitrogens with two attached hydrogens (primary N) is 1. The van der Waals surface area contributed by atoms with Crippen molar-refractivity contribution in [2.45, 2.75) is 72.4 Å². The molecule has 1 aliphatic carbocycles. The summed E-state index contributed by atoms with van der Waals surface area (Å²) in [5.74, 6) is 0.328. The topological polar surface area (TPSA) is 102 Å². The number of fused-ring (bicyclic) bond motifs is 1. The lowest BCUT2D eigenvalue weighted by Gasteiger charge is -2.28. The highest BCUT2D eigenvalue weighted by Gasteiger charge is 2.33. The van der Waals surface area contributed by atoms with E-state index in [-0.39, 0.29) is 29.2 Å². The zero-order valence-corrected chi connectivity index (χ0v) is 20.1. The van der Waals surface area contributed by atoms with Crippen molar-refractivity contribution in [1.29, 1.82) is 0 Å². The number of nitrogens with zero attached hydrogens (tertiary/aromatic N) is 2. The monoisotopic (exact) mass is 449 g/mol. The predicted octanol–water partition coefficient (Wildman–Crippen LogP) is 4.00. The molecule has 2 aliphatic rings. The fourth-order valence-electron chi connectivity index (χ4n) is 5.34. The Morgan fingerprint density at radius 1 is 1.27 bits per heavy atom. The fourth-order valence-corrected chi connectivity index (χ4v) is 5.34. The van der Waals surface area contributed by atoms with E-state index in [1.807, 2.05) is 19.2 Å². The highest BCUT2D eigenvalue weighted by atomic mass is 16.2. The van der Waals surface area contributed by atoms with Crippen LogP contribution in [0.15, 0.2) is 24.9 Å². The summed E-state index contributed by atoms with van der Waals surface area (Å²) in [6.07, 6.45) is 6.08. The van der Waals surface area contributed by atoms with Crippen molar-refractivity contribution in [3.8, 4) is 11.3 Å². The van der Waals surface area contributed by atoms with Gasteiger partial charge in [0.25, 0.3) is 0 Å². The van der Waals surface area contributed by atoms with Crippen molar-refractivity contribution in [2.24, 2.45) is 17.1 Å². The Morgan fingerprint density at radius 3 is 2.73 bits per heavy atom. The third kappa shape index (κ3) is 4.82. The summed E-state index contributed by atoms with van der Waals surface area (Å²) >= 11 is 0. The van der Waals surface area contributed by atoms with Gasteiger partial charge in [-0.2, -0.15) is 0 Å². The van der Waals surface area contributed by atoms with Crippen LogP contribution in [0.3, 0.4) is 0 Å². The number of hydrogen-bond donors (Lipinski definition) is 3. The highest BCUT2D eigenvalue weighted by molar-refractivity contribution is 5.92. The van der Waals surface area contributed by atoms with E-state index in [2.05, 4.69) is 46.7 Å². The molecule has 1 aliphatic heterocycles. The molecule has 3 heterocycles. The van der Waals surface area contributed by atoms with E-state index < -0.39 is 0 Å². The molecule has 176 valence electrons. The molecule has 1 fully saturated rings. The van der Waals surface area contributed by atoms with Gasteiger partial charge in [-0.05, 0) is 55.7 Å². The number of carbonyl (C=O) groups excluding carboxylic acids is 2. The van der Waals surface area contributed by atoms with Gasteiger partial charge in [-0.25, -0.2) is 4.98 Å². The van der Waals surface area contributed by atoms with Gasteiger partial charge < -0.3 is 20.9 Å². The van der Waals surface area contributed by atoms with Crippen molar-refractivity contribution in [3.05, 3.63) is 41.7 Å². The Labute approximate surface area is 195 Å². The Bertz CT molecular complexity index is 1110. The molecule has 1 saturated carbocycles. The minimum atomic E-state index is -0.132. The van der Waals surface area contributed by atoms with Crippen LogP contribution in [-0.2, 0) is 22.6 Å². The maximum absolute atomic E-state index is 13.0. The zero-order chi connectivity index (χ0) is 23.9. The molecule has 4 N–H and O–H groups in total. The highest BCUT2D eigenvalue weighted by Crippen LogP contribution is 2.41. The maximum atomic E-state index is 13.0. The number of aromatic nitrogens is 2. The third-order valence-corrected chi connectivity index (χ3v) is 6.87. The van der Waals surface area contributed by atoms with Gasteiger partial charge in [0, 0.05) is 59.8 Å². The molecular formula is C26H35N5O2. The largest absolute Gasteiger partial charge is 0.399 e. The van der Waals surface area contributed by atoms with Gasteiger partial charge in [0.05, 0.1) is 0 Å². The van der Waals surface area contributed by atoms with E-state index in [0.29, 0.717) is 17.9 Å². The first kappa shape index (κ1) is 23.1. The molecule has 2 aromatic rings. The van der Waals surface area contributed by atoms with Crippen LogP contribution in [0, 0.1) is 18.3 Å². The second-order valence-corrected chi connectivity index (χ2v) is 10.5. The molecule has 2 amide bonds. The molecule has 0 unspecified atom stereocenters. The van der Waals surface area contributed by atoms with Gasteiger partial charge in [-0.15, -0.1) is 0 Å². The van der Waals surface area contributed by atoms with Crippen LogP contribution in [0.2, 0.25) is 0 Å². The number of anilines is 1. The average molecular weight is 450 g/mol. The van der Waals surface area contributed by atoms with Gasteiger partial charge in [-0.3, -0.25) is 9.59 Å². The van der Waals surface area contributed by atoms with E-state index >= 15 is 0 Å². The molecule has 0 spiro atoms. The van der Waals surface area contributed by atoms with Crippen molar-refractivity contribution in [3.63, 3.8) is 0 Å². The summed E-state index contributed by atoms with van der Waals surface area (Å²) < 4.78 is 2.33. The standard InChI is InChI=1S/C26H35N5O2/c1-15-13-28-24(30-25(33)18-7-6-8-19(9-18)29-17(3)32)11-20(15)22-10-21(16(2)27)23-12-26(4,5)14-31(22)23/h10-11,13,18-19H,2,6-9,12,14,27H2,1,3-5H3,(H,29,32)(H,28,30,33)/t18-,19+/m0/s1. The molecular weight excluding hydrogens is 414 g/mol. The molecule has 33 heavy (non-hydrogen) atoms. The summed E-state index contributed by atoms with van der Waals surface area (Å²) in [5, 5.41) is 5.98. The summed E-state index contributed by atoms with van der Waals surface area (Å²) in [6, 6.07) is 4.13. The van der Waals surface area contributed by atoms with Crippen LogP contribution < -0.4 is 16.4 Å². The number of rotatable bonds is 5. The van der Waals surface area contributed by atoms with Gasteiger partial charge >= 0.3 is 0 Å². The van der Waals surface area contributed by atoms with E-state index in [4.69, 9.17) is 5.73 Å². The SMILES string of the molecule is C=C(N)c1cc(-c2cc(NC(=O)[C@H]3CCC[C@@H](NC(C)=O)C3)ncc2C)n2c1CC(C)(C)C2. The zero-order valence-electron chi connectivity index (χ0n) is 20.1. The molecule has 0 aromatic carbocycles. The summed E-state index contributed by atoms with van der Waals surface area (Å²) in [7, 11) is 0. The van der Waals surface area contributed by atoms with Crippen molar-refractivity contribution >= 4 is 23.3 Å². The van der Waals surface area contributed by atoms with Gasteiger partial charge in [-0.1, -0.05) is 26.8 Å². The van der Waals surface area contributed by atoms with Crippen LogP contribution in [0.1, 0.15) is 63.3 Å². The normalized spacial score (nSPS) is 21.3. The number of nitrogens with one attached hydrogen (secondary N) is 2. The second kappa shape index (κ2) is 8.69. The lowest BCUT2D eigenvalue weighted by molar-refractivity contribution is -0.123. The minimum absolute atomic E-state index is 0.0371. The average Bonchev–Trinajstić information content (AvgIpc) is 3.22. The fraction of sp³-hybridized carbons (Fsp3) is 0.500. The van der Waals surface area contributed by atoms with Gasteiger partial charge in [0.2, 0.25) is 11.8 Å². The van der Waals surface area contributed by atoms with Gasteiger partial charge in [0.15, 0.2) is 0 Å². The van der Waals surface area contributed by atoms with E-state index in [9.17, 15) is 9.59 Å². The molecule has 0 bridgehead atoms. The van der Waals surface area contributed by atoms with E-state index in [1.54, 1.807) is 0 Å². The van der Waals surface area contributed by atoms with Crippen molar-refractivity contribution in [2.75, 3.05) is 5.32 Å². The molecule has 4 rings (SSSR count). The Morgan fingerprint density at radius 2 is 2.03 bits per heavy atom. The third-order valence-electron chi connectivity index (χ3n) is 6.87. The molecule has 0 saturated heterocycles. The first-order valence-electron chi connectivity index (χ1n) is 11.8. The smallest absolute Gasteiger partial charge is 0.228 e. The van der Waals surface area contributed by atoms with Crippen molar-refractivity contribution < 1.29 is 9.59 Å². The number of carbonyl (C=O) groups is 2. The summed E-state index contributed by atoms with van der Waals surface area (Å²) in [5.41, 5.74) is 12.2. The molecule has 2 aromatic heterocycles. The van der Waals surface area contributed by atoms with Crippen molar-refractivity contribution in [1.82, 2.24) is 14.9 Å². The lowest BCUT2D eigenvalue weighted by Crippen LogP contribution is -2.40. The number of amides is 2. The first-order valence-corrected chi connectivity index (χ1v) is 11.8. The Hall–Kier alpha value is -3.09. The summed E-state index contributed by atoms with van der Waals surface area (Å²) in [4.78, 5) is 28.9. The van der Waals surface area contributed by atoms with Crippen LogP contribution >= 0.6 is 0 Å². The Kier molecular flexibility index (Phi) is 6.08.